The van der Waals surface area contributed by atoms with Crippen LogP contribution in [0.1, 0.15) is 90.4 Å². The van der Waals surface area contributed by atoms with E-state index in [0.717, 1.165) is 70.7 Å². The highest BCUT2D eigenvalue weighted by atomic mass is 16.2. The summed E-state index contributed by atoms with van der Waals surface area (Å²) in [7, 11) is 0. The zero-order chi connectivity index (χ0) is 19.8. The Bertz CT molecular complexity index is 484. The lowest BCUT2D eigenvalue weighted by molar-refractivity contribution is -0.137. The number of hydrogen-bond donors (Lipinski definition) is 1. The molecule has 5 nitrogen and oxygen atoms in total. The van der Waals surface area contributed by atoms with E-state index in [9.17, 15) is 9.59 Å². The fraction of sp³-hybridized carbons (Fsp3) is 0.913. The van der Waals surface area contributed by atoms with Crippen molar-refractivity contribution in [3.63, 3.8) is 0 Å². The molecule has 3 rings (SSSR count). The van der Waals surface area contributed by atoms with Crippen molar-refractivity contribution in [3.05, 3.63) is 0 Å². The summed E-state index contributed by atoms with van der Waals surface area (Å²) in [5, 5.41) is 3.01. The van der Waals surface area contributed by atoms with E-state index in [1.54, 1.807) is 6.92 Å². The van der Waals surface area contributed by atoms with Gasteiger partial charge in [-0.2, -0.15) is 0 Å². The van der Waals surface area contributed by atoms with Gasteiger partial charge in [-0.1, -0.05) is 32.1 Å². The molecule has 0 aromatic carbocycles. The molecule has 2 aliphatic carbocycles. The third-order valence-corrected chi connectivity index (χ3v) is 7.13. The second kappa shape index (κ2) is 11.2. The van der Waals surface area contributed by atoms with Crippen LogP contribution in [-0.2, 0) is 9.59 Å². The third-order valence-electron chi connectivity index (χ3n) is 7.13. The number of hydrogen-bond acceptors (Lipinski definition) is 3. The largest absolute Gasteiger partial charge is 0.354 e. The van der Waals surface area contributed by atoms with Crippen LogP contribution in [0.3, 0.4) is 0 Å². The van der Waals surface area contributed by atoms with Crippen molar-refractivity contribution in [1.82, 2.24) is 15.1 Å². The molecule has 1 aliphatic heterocycles. The number of carbonyl (C=O) groups is 2. The average molecular weight is 392 g/mol. The number of rotatable bonds is 3. The van der Waals surface area contributed by atoms with Crippen molar-refractivity contribution in [2.75, 3.05) is 26.2 Å². The molecule has 0 aromatic rings. The predicted octanol–water partition coefficient (Wildman–Crippen LogP) is 3.72. The van der Waals surface area contributed by atoms with Crippen LogP contribution in [0.5, 0.6) is 0 Å². The Hall–Kier alpha value is -1.10. The molecule has 0 radical (unpaired) electrons. The zero-order valence-electron chi connectivity index (χ0n) is 18.0. The van der Waals surface area contributed by atoms with Gasteiger partial charge in [-0.3, -0.25) is 9.59 Å². The predicted molar refractivity (Wildman–Crippen MR) is 113 cm³/mol. The van der Waals surface area contributed by atoms with E-state index in [1.165, 1.54) is 44.9 Å². The highest BCUT2D eigenvalue weighted by Crippen LogP contribution is 2.27. The summed E-state index contributed by atoms with van der Waals surface area (Å²) < 4.78 is 0. The average Bonchev–Trinajstić information content (AvgIpc) is 2.62. The van der Waals surface area contributed by atoms with E-state index >= 15 is 0 Å². The molecule has 160 valence electrons. The monoisotopic (exact) mass is 391 g/mol. The van der Waals surface area contributed by atoms with Crippen LogP contribution < -0.4 is 5.32 Å². The highest BCUT2D eigenvalue weighted by Gasteiger charge is 2.30. The molecule has 3 fully saturated rings. The quantitative estimate of drug-likeness (QED) is 0.798. The number of amides is 2. The first kappa shape index (κ1) is 21.6. The molecule has 0 spiro atoms. The SMILES string of the molecule is CC(=O)NC1CCC(C(=O)N2CCCN(C3CCCCCCC3)CCC2)CC1. The van der Waals surface area contributed by atoms with Crippen LogP contribution in [0.4, 0.5) is 0 Å². The van der Waals surface area contributed by atoms with Crippen LogP contribution in [0.25, 0.3) is 0 Å². The molecule has 0 atom stereocenters. The smallest absolute Gasteiger partial charge is 0.225 e. The molecule has 0 aromatic heterocycles. The first-order valence-corrected chi connectivity index (χ1v) is 11.9. The summed E-state index contributed by atoms with van der Waals surface area (Å²) in [6, 6.07) is 1.05. The molecule has 0 unspecified atom stereocenters. The van der Waals surface area contributed by atoms with Crippen molar-refractivity contribution in [1.29, 1.82) is 0 Å². The number of nitrogens with zero attached hydrogens (tertiary/aromatic N) is 2. The summed E-state index contributed by atoms with van der Waals surface area (Å²) in [6.45, 7) is 5.74. The van der Waals surface area contributed by atoms with Crippen LogP contribution in [0.2, 0.25) is 0 Å². The van der Waals surface area contributed by atoms with E-state index in [-0.39, 0.29) is 17.9 Å². The van der Waals surface area contributed by atoms with Gasteiger partial charge in [0.25, 0.3) is 0 Å². The van der Waals surface area contributed by atoms with E-state index in [4.69, 9.17) is 0 Å². The number of nitrogens with one attached hydrogen (secondary N) is 1. The molecular formula is C23H41N3O2. The molecule has 1 saturated heterocycles. The fourth-order valence-electron chi connectivity index (χ4n) is 5.57. The summed E-state index contributed by atoms with van der Waals surface area (Å²) in [5.41, 5.74) is 0. The second-order valence-corrected chi connectivity index (χ2v) is 9.32. The summed E-state index contributed by atoms with van der Waals surface area (Å²) in [4.78, 5) is 29.2. The number of carbonyl (C=O) groups excluding carboxylic acids is 2. The highest BCUT2D eigenvalue weighted by molar-refractivity contribution is 5.79. The maximum atomic E-state index is 13.0. The molecule has 1 N–H and O–H groups in total. The van der Waals surface area contributed by atoms with Crippen LogP contribution in [0.15, 0.2) is 0 Å². The Morgan fingerprint density at radius 3 is 1.86 bits per heavy atom. The molecular weight excluding hydrogens is 350 g/mol. The lowest BCUT2D eigenvalue weighted by Crippen LogP contribution is -2.46. The van der Waals surface area contributed by atoms with Gasteiger partial charge in [0.05, 0.1) is 0 Å². The third kappa shape index (κ3) is 6.47. The van der Waals surface area contributed by atoms with Crippen LogP contribution >= 0.6 is 0 Å². The Morgan fingerprint density at radius 2 is 1.29 bits per heavy atom. The molecule has 5 heteroatoms. The molecule has 2 saturated carbocycles. The van der Waals surface area contributed by atoms with Crippen LogP contribution in [0, 0.1) is 5.92 Å². The van der Waals surface area contributed by atoms with E-state index in [2.05, 4.69) is 15.1 Å². The Kier molecular flexibility index (Phi) is 8.63. The van der Waals surface area contributed by atoms with Crippen molar-refractivity contribution in [2.24, 2.45) is 5.92 Å². The van der Waals surface area contributed by atoms with E-state index in [0.29, 0.717) is 5.91 Å². The van der Waals surface area contributed by atoms with Crippen molar-refractivity contribution < 1.29 is 9.59 Å². The van der Waals surface area contributed by atoms with Crippen LogP contribution in [-0.4, -0.2) is 59.9 Å². The first-order valence-electron chi connectivity index (χ1n) is 11.9. The van der Waals surface area contributed by atoms with Gasteiger partial charge in [0.15, 0.2) is 0 Å². The molecule has 2 amide bonds. The van der Waals surface area contributed by atoms with Gasteiger partial charge in [0, 0.05) is 51.1 Å². The Morgan fingerprint density at radius 1 is 0.714 bits per heavy atom. The normalized spacial score (nSPS) is 29.2. The Labute approximate surface area is 171 Å². The molecule has 1 heterocycles. The van der Waals surface area contributed by atoms with Gasteiger partial charge < -0.3 is 15.1 Å². The van der Waals surface area contributed by atoms with Crippen molar-refractivity contribution in [2.45, 2.75) is 102 Å². The minimum absolute atomic E-state index is 0.0485. The van der Waals surface area contributed by atoms with E-state index in [1.807, 2.05) is 0 Å². The van der Waals surface area contributed by atoms with Gasteiger partial charge in [-0.05, 0) is 51.4 Å². The maximum Gasteiger partial charge on any atom is 0.225 e. The van der Waals surface area contributed by atoms with Gasteiger partial charge in [0.1, 0.15) is 0 Å². The summed E-state index contributed by atoms with van der Waals surface area (Å²) >= 11 is 0. The lowest BCUT2D eigenvalue weighted by atomic mass is 9.85. The Balaban J connectivity index is 1.43. The standard InChI is InChI=1S/C23H41N3O2/c1-19(27)24-21-13-11-20(12-14-21)23(28)26-17-7-15-25(16-8-18-26)22-9-5-3-2-4-6-10-22/h20-22H,2-18H2,1H3,(H,24,27). The lowest BCUT2D eigenvalue weighted by Gasteiger charge is -2.38. The fourth-order valence-corrected chi connectivity index (χ4v) is 5.57. The van der Waals surface area contributed by atoms with E-state index < -0.39 is 0 Å². The van der Waals surface area contributed by atoms with Gasteiger partial charge in [0.2, 0.25) is 11.8 Å². The van der Waals surface area contributed by atoms with Crippen molar-refractivity contribution >= 4 is 11.8 Å². The summed E-state index contributed by atoms with van der Waals surface area (Å²) in [5.74, 6) is 0.596. The van der Waals surface area contributed by atoms with Gasteiger partial charge in [-0.25, -0.2) is 0 Å². The van der Waals surface area contributed by atoms with Crippen molar-refractivity contribution in [3.8, 4) is 0 Å². The van der Waals surface area contributed by atoms with Gasteiger partial charge >= 0.3 is 0 Å². The summed E-state index contributed by atoms with van der Waals surface area (Å²) in [6.07, 6.45) is 15.8. The maximum absolute atomic E-state index is 13.0. The second-order valence-electron chi connectivity index (χ2n) is 9.32. The topological polar surface area (TPSA) is 52.7 Å². The molecule has 28 heavy (non-hydrogen) atoms. The zero-order valence-corrected chi connectivity index (χ0v) is 18.0. The first-order chi connectivity index (χ1) is 13.6. The van der Waals surface area contributed by atoms with Gasteiger partial charge in [-0.15, -0.1) is 0 Å². The minimum Gasteiger partial charge on any atom is -0.354 e. The molecule has 3 aliphatic rings. The molecule has 0 bridgehead atoms. The minimum atomic E-state index is 0.0485.